The number of nitrogens with zero attached hydrogens (tertiary/aromatic N) is 2. The first-order chi connectivity index (χ1) is 16.7. The van der Waals surface area contributed by atoms with Crippen molar-refractivity contribution >= 4 is 28.9 Å². The van der Waals surface area contributed by atoms with Crippen LogP contribution in [0.2, 0.25) is 0 Å². The maximum Gasteiger partial charge on any atom is 0.408 e. The number of nitrogens with one attached hydrogen (secondary N) is 3. The number of esters is 1. The van der Waals surface area contributed by atoms with Crippen LogP contribution in [0.25, 0.3) is 22.3 Å². The van der Waals surface area contributed by atoms with Crippen LogP contribution in [0.1, 0.15) is 83.2 Å². The van der Waals surface area contributed by atoms with Gasteiger partial charge < -0.3 is 25.1 Å². The molecule has 0 saturated heterocycles. The van der Waals surface area contributed by atoms with E-state index in [0.29, 0.717) is 28.3 Å². The molecular formula is C27H37N5O4. The largest absolute Gasteiger partial charge is 0.462 e. The van der Waals surface area contributed by atoms with Gasteiger partial charge in [-0.3, -0.25) is 0 Å². The lowest BCUT2D eigenvalue weighted by Gasteiger charge is -2.22. The van der Waals surface area contributed by atoms with E-state index in [2.05, 4.69) is 36.4 Å². The first-order valence-corrected chi connectivity index (χ1v) is 12.1. The van der Waals surface area contributed by atoms with Crippen molar-refractivity contribution in [3.8, 4) is 11.3 Å². The molecule has 0 bridgehead atoms. The smallest absolute Gasteiger partial charge is 0.408 e. The number of ether oxygens (including phenoxy) is 2. The van der Waals surface area contributed by atoms with E-state index in [1.54, 1.807) is 40.7 Å². The summed E-state index contributed by atoms with van der Waals surface area (Å²) in [6, 6.07) is 6.91. The third kappa shape index (κ3) is 6.53. The lowest BCUT2D eigenvalue weighted by atomic mass is 10.1. The summed E-state index contributed by atoms with van der Waals surface area (Å²) in [5.74, 6) is 0.213. The Balaban J connectivity index is 2.10. The van der Waals surface area contributed by atoms with E-state index in [9.17, 15) is 9.59 Å². The van der Waals surface area contributed by atoms with Crippen molar-refractivity contribution in [2.75, 3.05) is 11.9 Å². The predicted molar refractivity (Wildman–Crippen MR) is 141 cm³/mol. The Bertz CT molecular complexity index is 1270. The van der Waals surface area contributed by atoms with Crippen LogP contribution < -0.4 is 10.6 Å². The van der Waals surface area contributed by atoms with Crippen LogP contribution in [-0.2, 0) is 9.47 Å². The number of hydrogen-bond donors (Lipinski definition) is 3. The standard InChI is InChI=1S/C27H37N5O4/c1-10-35-24(33)18-14-20(30-21(18)15(2)29-25(34)36-27(7,8)9)17-12-11-13-19-22(17)31-23(16(3)28-19)32-26(4,5)6/h11-15,30H,10H2,1-9H3,(H,29,34)(H,31,32). The number of alkyl carbamates (subject to hydrolysis) is 1. The van der Waals surface area contributed by atoms with Gasteiger partial charge in [0.05, 0.1) is 35.1 Å². The fourth-order valence-corrected chi connectivity index (χ4v) is 3.75. The maximum absolute atomic E-state index is 12.8. The van der Waals surface area contributed by atoms with Crippen LogP contribution in [-0.4, -0.2) is 44.8 Å². The zero-order valence-corrected chi connectivity index (χ0v) is 22.6. The van der Waals surface area contributed by atoms with Gasteiger partial charge in [-0.05, 0) is 74.4 Å². The molecule has 0 fully saturated rings. The molecule has 0 aliphatic carbocycles. The molecule has 3 aromatic rings. The van der Waals surface area contributed by atoms with Crippen molar-refractivity contribution in [1.29, 1.82) is 0 Å². The van der Waals surface area contributed by atoms with E-state index in [-0.39, 0.29) is 12.1 Å². The number of para-hydroxylation sites is 1. The highest BCUT2D eigenvalue weighted by Gasteiger charge is 2.25. The minimum atomic E-state index is -0.646. The van der Waals surface area contributed by atoms with E-state index < -0.39 is 23.7 Å². The number of anilines is 1. The molecule has 1 amide bonds. The summed E-state index contributed by atoms with van der Waals surface area (Å²) in [6.45, 7) is 17.2. The van der Waals surface area contributed by atoms with Crippen molar-refractivity contribution in [2.24, 2.45) is 0 Å². The van der Waals surface area contributed by atoms with Gasteiger partial charge in [0.25, 0.3) is 0 Å². The molecule has 9 heteroatoms. The summed E-state index contributed by atoms with van der Waals surface area (Å²) in [4.78, 5) is 38.2. The lowest BCUT2D eigenvalue weighted by Crippen LogP contribution is -2.34. The number of aryl methyl sites for hydroxylation is 1. The van der Waals surface area contributed by atoms with Gasteiger partial charge in [-0.2, -0.15) is 0 Å². The quantitative estimate of drug-likeness (QED) is 0.364. The number of amides is 1. The molecule has 36 heavy (non-hydrogen) atoms. The number of aromatic nitrogens is 3. The Morgan fingerprint density at radius 2 is 1.81 bits per heavy atom. The van der Waals surface area contributed by atoms with Gasteiger partial charge in [-0.25, -0.2) is 19.6 Å². The van der Waals surface area contributed by atoms with Gasteiger partial charge in [0, 0.05) is 16.8 Å². The van der Waals surface area contributed by atoms with E-state index in [1.165, 1.54) is 0 Å². The summed E-state index contributed by atoms with van der Waals surface area (Å²) >= 11 is 0. The minimum absolute atomic E-state index is 0.193. The zero-order chi connectivity index (χ0) is 26.8. The number of H-pyrrole nitrogens is 1. The van der Waals surface area contributed by atoms with Crippen LogP contribution in [0.4, 0.5) is 10.6 Å². The second-order valence-electron chi connectivity index (χ2n) is 10.8. The third-order valence-corrected chi connectivity index (χ3v) is 5.16. The van der Waals surface area contributed by atoms with Gasteiger partial charge >= 0.3 is 12.1 Å². The second kappa shape index (κ2) is 10.2. The number of hydrogen-bond acceptors (Lipinski definition) is 7. The molecule has 194 valence electrons. The molecule has 0 radical (unpaired) electrons. The highest BCUT2D eigenvalue weighted by Crippen LogP contribution is 2.32. The number of rotatable bonds is 6. The maximum atomic E-state index is 12.8. The third-order valence-electron chi connectivity index (χ3n) is 5.16. The summed E-state index contributed by atoms with van der Waals surface area (Å²) in [7, 11) is 0. The van der Waals surface area contributed by atoms with Crippen molar-refractivity contribution in [1.82, 2.24) is 20.3 Å². The normalized spacial score (nSPS) is 12.8. The molecule has 0 aliphatic heterocycles. The van der Waals surface area contributed by atoms with Gasteiger partial charge in [0.1, 0.15) is 16.9 Å². The second-order valence-corrected chi connectivity index (χ2v) is 10.8. The fourth-order valence-electron chi connectivity index (χ4n) is 3.75. The highest BCUT2D eigenvalue weighted by molar-refractivity contribution is 5.96. The van der Waals surface area contributed by atoms with Crippen LogP contribution in [0.5, 0.6) is 0 Å². The van der Waals surface area contributed by atoms with Crippen molar-refractivity contribution < 1.29 is 19.1 Å². The van der Waals surface area contributed by atoms with E-state index >= 15 is 0 Å². The highest BCUT2D eigenvalue weighted by atomic mass is 16.6. The topological polar surface area (TPSA) is 118 Å². The molecule has 0 aliphatic rings. The SMILES string of the molecule is CCOC(=O)c1cc(-c2cccc3nc(C)c(NC(C)(C)C)nc23)[nH]c1C(C)NC(=O)OC(C)(C)C. The molecule has 0 spiro atoms. The summed E-state index contributed by atoms with van der Waals surface area (Å²) in [5, 5.41) is 6.21. The molecule has 3 N–H and O–H groups in total. The van der Waals surface area contributed by atoms with Crippen LogP contribution in [0.15, 0.2) is 24.3 Å². The number of benzene rings is 1. The summed E-state index contributed by atoms with van der Waals surface area (Å²) in [5.41, 5.74) is 3.66. The molecule has 1 aromatic carbocycles. The Kier molecular flexibility index (Phi) is 7.62. The first-order valence-electron chi connectivity index (χ1n) is 12.1. The molecule has 1 atom stereocenters. The van der Waals surface area contributed by atoms with Crippen LogP contribution in [0.3, 0.4) is 0 Å². The summed E-state index contributed by atoms with van der Waals surface area (Å²) < 4.78 is 10.7. The van der Waals surface area contributed by atoms with Crippen LogP contribution >= 0.6 is 0 Å². The van der Waals surface area contributed by atoms with Gasteiger partial charge in [0.15, 0.2) is 0 Å². The van der Waals surface area contributed by atoms with Crippen molar-refractivity contribution in [2.45, 2.75) is 79.5 Å². The van der Waals surface area contributed by atoms with Crippen molar-refractivity contribution in [3.63, 3.8) is 0 Å². The fraction of sp³-hybridized carbons (Fsp3) is 0.481. The van der Waals surface area contributed by atoms with Gasteiger partial charge in [0.2, 0.25) is 0 Å². The predicted octanol–water partition coefficient (Wildman–Crippen LogP) is 5.91. The molecule has 3 rings (SSSR count). The van der Waals surface area contributed by atoms with Crippen LogP contribution in [0, 0.1) is 6.92 Å². The number of carbonyl (C=O) groups is 2. The Morgan fingerprint density at radius 1 is 1.11 bits per heavy atom. The average molecular weight is 496 g/mol. The molecular weight excluding hydrogens is 458 g/mol. The summed E-state index contributed by atoms with van der Waals surface area (Å²) in [6.07, 6.45) is -0.578. The molecule has 2 heterocycles. The first kappa shape index (κ1) is 27.0. The Morgan fingerprint density at radius 3 is 2.42 bits per heavy atom. The van der Waals surface area contributed by atoms with Gasteiger partial charge in [-0.1, -0.05) is 12.1 Å². The van der Waals surface area contributed by atoms with Crippen molar-refractivity contribution in [3.05, 3.63) is 41.2 Å². The van der Waals surface area contributed by atoms with E-state index in [1.807, 2.05) is 25.1 Å². The average Bonchev–Trinajstić information content (AvgIpc) is 3.17. The lowest BCUT2D eigenvalue weighted by molar-refractivity contribution is 0.0489. The van der Waals surface area contributed by atoms with Gasteiger partial charge in [-0.15, -0.1) is 0 Å². The molecule has 9 nitrogen and oxygen atoms in total. The molecule has 2 aromatic heterocycles. The monoisotopic (exact) mass is 495 g/mol. The molecule has 0 saturated carbocycles. The van der Waals surface area contributed by atoms with E-state index in [0.717, 1.165) is 16.8 Å². The number of aromatic amines is 1. The number of carbonyl (C=O) groups excluding carboxylic acids is 2. The number of fused-ring (bicyclic) bond motifs is 1. The minimum Gasteiger partial charge on any atom is -0.462 e. The Hall–Kier alpha value is -3.62. The molecule has 1 unspecified atom stereocenters. The Labute approximate surface area is 212 Å². The van der Waals surface area contributed by atoms with E-state index in [4.69, 9.17) is 19.4 Å². The zero-order valence-electron chi connectivity index (χ0n) is 22.6.